The van der Waals surface area contributed by atoms with Crippen LogP contribution in [0.4, 0.5) is 11.4 Å². The summed E-state index contributed by atoms with van der Waals surface area (Å²) >= 11 is 0. The minimum atomic E-state index is -1.05. The van der Waals surface area contributed by atoms with Crippen molar-refractivity contribution in [2.75, 3.05) is 24.3 Å². The molecule has 0 fully saturated rings. The average Bonchev–Trinajstić information content (AvgIpc) is 2.82. The van der Waals surface area contributed by atoms with Gasteiger partial charge in [0.1, 0.15) is 30.3 Å². The summed E-state index contributed by atoms with van der Waals surface area (Å²) < 4.78 is 11.3. The van der Waals surface area contributed by atoms with Crippen LogP contribution < -0.4 is 20.5 Å². The van der Waals surface area contributed by atoms with Crippen LogP contribution in [0.3, 0.4) is 0 Å². The van der Waals surface area contributed by atoms with Gasteiger partial charge in [-0.3, -0.25) is 4.79 Å². The first kappa shape index (κ1) is 22.9. The smallest absolute Gasteiger partial charge is 0.248 e. The summed E-state index contributed by atoms with van der Waals surface area (Å²) in [7, 11) is 0. The van der Waals surface area contributed by atoms with Crippen LogP contribution in [0.25, 0.3) is 0 Å². The Bertz CT molecular complexity index is 1020. The van der Waals surface area contributed by atoms with Gasteiger partial charge in [-0.05, 0) is 48.0 Å². The molecule has 0 aliphatic carbocycles. The molecule has 0 aliphatic rings. The van der Waals surface area contributed by atoms with E-state index in [0.717, 1.165) is 0 Å². The summed E-state index contributed by atoms with van der Waals surface area (Å²) in [5.74, 6) is 0.729. The van der Waals surface area contributed by atoms with Crippen LogP contribution in [0.5, 0.6) is 11.5 Å². The Morgan fingerprint density at radius 2 is 1.66 bits per heavy atom. The molecule has 0 heterocycles. The number of nitrogens with two attached hydrogens (primary N) is 1. The first-order chi connectivity index (χ1) is 15.6. The number of ether oxygens (including phenoxy) is 2. The zero-order valence-corrected chi connectivity index (χ0v) is 17.4. The number of amides is 1. The van der Waals surface area contributed by atoms with E-state index in [1.165, 1.54) is 12.2 Å². The predicted molar refractivity (Wildman–Crippen MR) is 123 cm³/mol. The molecule has 3 aromatic rings. The Hall–Kier alpha value is -3.81. The summed E-state index contributed by atoms with van der Waals surface area (Å²) in [6, 6.07) is 22.8. The van der Waals surface area contributed by atoms with Crippen LogP contribution in [-0.4, -0.2) is 35.4 Å². The van der Waals surface area contributed by atoms with Gasteiger partial charge in [0.2, 0.25) is 5.91 Å². The van der Waals surface area contributed by atoms with Crippen LogP contribution in [-0.2, 0) is 4.79 Å². The second-order valence-corrected chi connectivity index (χ2v) is 6.92. The number of nitrogens with one attached hydrogen (secondary N) is 1. The largest absolute Gasteiger partial charge is 0.491 e. The molecule has 3 aromatic carbocycles. The van der Waals surface area contributed by atoms with Crippen molar-refractivity contribution >= 4 is 17.3 Å². The van der Waals surface area contributed by atoms with E-state index >= 15 is 0 Å². The SMILES string of the molecule is Nc1ccccc1NC(=O)/C=C/[C@H](Oc1ccccc1)[C@@H](O)c1ccc(OCCO)cc1. The molecule has 0 spiro atoms. The number of nitrogen functional groups attached to an aromatic ring is 1. The van der Waals surface area contributed by atoms with Crippen LogP contribution in [0, 0.1) is 0 Å². The fourth-order valence-corrected chi connectivity index (χ4v) is 2.95. The normalized spacial score (nSPS) is 12.8. The van der Waals surface area contributed by atoms with Crippen molar-refractivity contribution in [3.63, 3.8) is 0 Å². The maximum atomic E-state index is 12.4. The standard InChI is InChI=1S/C25H26N2O5/c26-21-8-4-5-9-22(21)27-24(29)15-14-23(32-20-6-2-1-3-7-20)25(30)18-10-12-19(13-11-18)31-17-16-28/h1-15,23,25,28,30H,16-17,26H2,(H,27,29)/b15-14+/t23-,25-/m0/s1. The molecule has 0 saturated carbocycles. The molecule has 0 unspecified atom stereocenters. The van der Waals surface area contributed by atoms with Gasteiger partial charge in [0, 0.05) is 6.08 Å². The molecule has 1 amide bonds. The van der Waals surface area contributed by atoms with Crippen LogP contribution in [0.2, 0.25) is 0 Å². The van der Waals surface area contributed by atoms with E-state index < -0.39 is 18.1 Å². The van der Waals surface area contributed by atoms with E-state index in [4.69, 9.17) is 20.3 Å². The van der Waals surface area contributed by atoms with E-state index in [0.29, 0.717) is 28.4 Å². The van der Waals surface area contributed by atoms with Gasteiger partial charge in [0.25, 0.3) is 0 Å². The molecular formula is C25H26N2O5. The first-order valence-electron chi connectivity index (χ1n) is 10.1. The molecule has 32 heavy (non-hydrogen) atoms. The Labute approximate surface area is 186 Å². The zero-order chi connectivity index (χ0) is 22.8. The quantitative estimate of drug-likeness (QED) is 0.288. The summed E-state index contributed by atoms with van der Waals surface area (Å²) in [4.78, 5) is 12.4. The molecule has 0 bridgehead atoms. The fraction of sp³-hybridized carbons (Fsp3) is 0.160. The number of hydrogen-bond donors (Lipinski definition) is 4. The number of carbonyl (C=O) groups is 1. The Balaban J connectivity index is 1.76. The third-order valence-electron chi connectivity index (χ3n) is 4.56. The summed E-state index contributed by atoms with van der Waals surface area (Å²) in [5.41, 5.74) is 7.40. The molecule has 166 valence electrons. The van der Waals surface area contributed by atoms with E-state index in [-0.39, 0.29) is 13.2 Å². The molecule has 3 rings (SSSR count). The third kappa shape index (κ3) is 6.60. The number of benzene rings is 3. The Morgan fingerprint density at radius 1 is 0.969 bits per heavy atom. The van der Waals surface area contributed by atoms with Crippen molar-refractivity contribution in [1.29, 1.82) is 0 Å². The van der Waals surface area contributed by atoms with Gasteiger partial charge in [-0.1, -0.05) is 42.5 Å². The van der Waals surface area contributed by atoms with Gasteiger partial charge in [0.15, 0.2) is 0 Å². The van der Waals surface area contributed by atoms with Crippen LogP contribution in [0.15, 0.2) is 91.0 Å². The molecule has 0 aromatic heterocycles. The predicted octanol–water partition coefficient (Wildman–Crippen LogP) is 3.32. The van der Waals surface area contributed by atoms with E-state index in [1.807, 2.05) is 18.2 Å². The molecule has 0 aliphatic heterocycles. The number of carbonyl (C=O) groups excluding carboxylic acids is 1. The Kier molecular flexibility index (Phi) is 8.25. The zero-order valence-electron chi connectivity index (χ0n) is 17.4. The highest BCUT2D eigenvalue weighted by Crippen LogP contribution is 2.25. The molecule has 7 heteroatoms. The van der Waals surface area contributed by atoms with Crippen molar-refractivity contribution in [3.8, 4) is 11.5 Å². The lowest BCUT2D eigenvalue weighted by molar-refractivity contribution is -0.112. The minimum Gasteiger partial charge on any atom is -0.491 e. The van der Waals surface area contributed by atoms with Crippen LogP contribution in [0.1, 0.15) is 11.7 Å². The summed E-state index contributed by atoms with van der Waals surface area (Å²) in [6.07, 6.45) is 0.929. The molecule has 0 radical (unpaired) electrons. The van der Waals surface area contributed by atoms with Gasteiger partial charge in [0.05, 0.1) is 18.0 Å². The van der Waals surface area contributed by atoms with Gasteiger partial charge in [-0.15, -0.1) is 0 Å². The number of rotatable bonds is 10. The van der Waals surface area contributed by atoms with Crippen LogP contribution >= 0.6 is 0 Å². The maximum absolute atomic E-state index is 12.4. The number of aliphatic hydroxyl groups is 2. The highest BCUT2D eigenvalue weighted by molar-refractivity contribution is 6.01. The van der Waals surface area contributed by atoms with Crippen molar-refractivity contribution in [3.05, 3.63) is 96.6 Å². The van der Waals surface area contributed by atoms with Gasteiger partial charge < -0.3 is 30.7 Å². The molecule has 0 saturated heterocycles. The topological polar surface area (TPSA) is 114 Å². The van der Waals surface area contributed by atoms with Gasteiger partial charge >= 0.3 is 0 Å². The van der Waals surface area contributed by atoms with Crippen molar-refractivity contribution in [2.45, 2.75) is 12.2 Å². The first-order valence-corrected chi connectivity index (χ1v) is 10.1. The number of aliphatic hydroxyl groups excluding tert-OH is 2. The number of hydrogen-bond acceptors (Lipinski definition) is 6. The third-order valence-corrected chi connectivity index (χ3v) is 4.56. The minimum absolute atomic E-state index is 0.0845. The second-order valence-electron chi connectivity index (χ2n) is 6.92. The lowest BCUT2D eigenvalue weighted by atomic mass is 10.0. The van der Waals surface area contributed by atoms with E-state index in [2.05, 4.69) is 5.32 Å². The molecule has 7 nitrogen and oxygen atoms in total. The highest BCUT2D eigenvalue weighted by Gasteiger charge is 2.21. The van der Waals surface area contributed by atoms with Crippen molar-refractivity contribution in [1.82, 2.24) is 0 Å². The lowest BCUT2D eigenvalue weighted by Gasteiger charge is -2.22. The van der Waals surface area contributed by atoms with Gasteiger partial charge in [-0.2, -0.15) is 0 Å². The second kappa shape index (κ2) is 11.5. The monoisotopic (exact) mass is 434 g/mol. The van der Waals surface area contributed by atoms with E-state index in [1.54, 1.807) is 60.7 Å². The average molecular weight is 434 g/mol. The van der Waals surface area contributed by atoms with Crippen molar-refractivity contribution in [2.24, 2.45) is 0 Å². The number of anilines is 2. The van der Waals surface area contributed by atoms with E-state index in [9.17, 15) is 9.90 Å². The summed E-state index contributed by atoms with van der Waals surface area (Å²) in [6.45, 7) is 0.101. The summed E-state index contributed by atoms with van der Waals surface area (Å²) in [5, 5.41) is 22.5. The molecule has 5 N–H and O–H groups in total. The van der Waals surface area contributed by atoms with Crippen molar-refractivity contribution < 1.29 is 24.5 Å². The fourth-order valence-electron chi connectivity index (χ4n) is 2.95. The molecule has 2 atom stereocenters. The lowest BCUT2D eigenvalue weighted by Crippen LogP contribution is -2.24. The maximum Gasteiger partial charge on any atom is 0.248 e. The van der Waals surface area contributed by atoms with Gasteiger partial charge in [-0.25, -0.2) is 0 Å². The molecular weight excluding hydrogens is 408 g/mol. The Morgan fingerprint density at radius 3 is 2.34 bits per heavy atom. The highest BCUT2D eigenvalue weighted by atomic mass is 16.5. The number of para-hydroxylation sites is 3.